The number of benzene rings is 3. The average molecular weight is 424 g/mol. The Balaban J connectivity index is 1.60. The molecular formula is C27H20O5. The first-order valence-electron chi connectivity index (χ1n) is 10.3. The molecule has 0 saturated heterocycles. The van der Waals surface area contributed by atoms with Gasteiger partial charge in [0.15, 0.2) is 0 Å². The minimum atomic E-state index is -0.436. The monoisotopic (exact) mass is 424 g/mol. The fourth-order valence-electron chi connectivity index (χ4n) is 3.87. The van der Waals surface area contributed by atoms with Crippen LogP contribution in [-0.2, 0) is 9.59 Å². The van der Waals surface area contributed by atoms with E-state index in [1.807, 2.05) is 74.5 Å². The molecule has 5 nitrogen and oxygen atoms in total. The topological polar surface area (TPSA) is 61.8 Å². The number of rotatable bonds is 5. The summed E-state index contributed by atoms with van der Waals surface area (Å²) in [5.41, 5.74) is 3.47. The summed E-state index contributed by atoms with van der Waals surface area (Å²) in [5.74, 6) is 0.697. The van der Waals surface area contributed by atoms with Crippen molar-refractivity contribution in [3.05, 3.63) is 99.9 Å². The average Bonchev–Trinajstić information content (AvgIpc) is 3.27. The first-order chi connectivity index (χ1) is 15.5. The van der Waals surface area contributed by atoms with Crippen LogP contribution in [0.25, 0.3) is 11.1 Å². The molecule has 0 aliphatic carbocycles. The summed E-state index contributed by atoms with van der Waals surface area (Å²) in [7, 11) is 0. The third-order valence-electron chi connectivity index (χ3n) is 5.50. The Morgan fingerprint density at radius 3 is 1.78 bits per heavy atom. The van der Waals surface area contributed by atoms with E-state index >= 15 is 0 Å². The normalized spacial score (nSPS) is 14.4. The molecule has 5 rings (SSSR count). The highest BCUT2D eigenvalue weighted by Gasteiger charge is 2.30. The standard InChI is InChI=1S/C27H20O5/c1-3-4-13-30-19-11-9-18(10-12-19)25-21-15-22-20(14-23(21)32-27(25)29)24(26(28)31-22)17-7-5-16(2)6-8-17/h3-12,14-15H,13H2,1-2H3. The van der Waals surface area contributed by atoms with E-state index in [0.29, 0.717) is 51.0 Å². The molecule has 3 aromatic rings. The Bertz CT molecular complexity index is 1390. The second-order valence-electron chi connectivity index (χ2n) is 7.64. The lowest BCUT2D eigenvalue weighted by Gasteiger charge is -2.05. The number of hydrogen-bond acceptors (Lipinski definition) is 5. The minimum Gasteiger partial charge on any atom is -0.490 e. The van der Waals surface area contributed by atoms with Crippen molar-refractivity contribution in [2.45, 2.75) is 13.8 Å². The molecule has 0 atom stereocenters. The van der Waals surface area contributed by atoms with Crippen LogP contribution in [0.4, 0.5) is 0 Å². The van der Waals surface area contributed by atoms with Crippen LogP contribution in [0.2, 0.25) is 0 Å². The van der Waals surface area contributed by atoms with Gasteiger partial charge in [-0.15, -0.1) is 0 Å². The maximum absolute atomic E-state index is 12.7. The van der Waals surface area contributed by atoms with Crippen molar-refractivity contribution in [1.82, 2.24) is 0 Å². The summed E-state index contributed by atoms with van der Waals surface area (Å²) < 4.78 is 16.7. The lowest BCUT2D eigenvalue weighted by molar-refractivity contribution is -0.128. The van der Waals surface area contributed by atoms with Crippen molar-refractivity contribution >= 4 is 23.1 Å². The first-order valence-corrected chi connectivity index (χ1v) is 10.3. The van der Waals surface area contributed by atoms with Crippen molar-refractivity contribution in [2.24, 2.45) is 0 Å². The number of aryl methyl sites for hydroxylation is 1. The molecule has 2 aliphatic heterocycles. The van der Waals surface area contributed by atoms with Gasteiger partial charge in [0.1, 0.15) is 23.9 Å². The van der Waals surface area contributed by atoms with Gasteiger partial charge in [-0.1, -0.05) is 54.1 Å². The van der Waals surface area contributed by atoms with Crippen molar-refractivity contribution in [1.29, 1.82) is 0 Å². The number of allylic oxidation sites excluding steroid dienone is 1. The Hall–Kier alpha value is -4.12. The smallest absolute Gasteiger partial charge is 0.344 e. The van der Waals surface area contributed by atoms with Gasteiger partial charge < -0.3 is 14.2 Å². The fourth-order valence-corrected chi connectivity index (χ4v) is 3.87. The van der Waals surface area contributed by atoms with Gasteiger partial charge in [0.25, 0.3) is 0 Å². The van der Waals surface area contributed by atoms with E-state index in [9.17, 15) is 9.59 Å². The molecule has 158 valence electrons. The molecule has 0 N–H and O–H groups in total. The number of esters is 2. The summed E-state index contributed by atoms with van der Waals surface area (Å²) in [6.07, 6.45) is 3.83. The highest BCUT2D eigenvalue weighted by molar-refractivity contribution is 6.21. The molecule has 0 spiro atoms. The minimum absolute atomic E-state index is 0.414. The SMILES string of the molecule is CC=CCOc1ccc(C2=c3cc4c(cc3OC2=O)=C(c2ccc(C)cc2)C(=O)O4)cc1. The summed E-state index contributed by atoms with van der Waals surface area (Å²) in [6.45, 7) is 4.40. The van der Waals surface area contributed by atoms with Crippen LogP contribution in [0, 0.1) is 6.92 Å². The Labute approximate surface area is 184 Å². The zero-order valence-electron chi connectivity index (χ0n) is 17.7. The molecule has 2 aliphatic rings. The van der Waals surface area contributed by atoms with Gasteiger partial charge in [-0.2, -0.15) is 0 Å². The quantitative estimate of drug-likeness (QED) is 0.358. The molecule has 32 heavy (non-hydrogen) atoms. The van der Waals surface area contributed by atoms with E-state index < -0.39 is 11.9 Å². The molecule has 0 fully saturated rings. The van der Waals surface area contributed by atoms with Gasteiger partial charge in [0.05, 0.1) is 11.1 Å². The Morgan fingerprint density at radius 2 is 1.28 bits per heavy atom. The van der Waals surface area contributed by atoms with Gasteiger partial charge in [0.2, 0.25) is 0 Å². The number of ether oxygens (including phenoxy) is 3. The van der Waals surface area contributed by atoms with Gasteiger partial charge in [-0.25, -0.2) is 9.59 Å². The largest absolute Gasteiger partial charge is 0.490 e. The summed E-state index contributed by atoms with van der Waals surface area (Å²) in [6, 6.07) is 18.3. The zero-order valence-corrected chi connectivity index (χ0v) is 17.7. The lowest BCUT2D eigenvalue weighted by Crippen LogP contribution is -2.11. The number of carbonyl (C=O) groups is 2. The van der Waals surface area contributed by atoms with Crippen LogP contribution in [0.3, 0.4) is 0 Å². The predicted octanol–water partition coefficient (Wildman–Crippen LogP) is 3.19. The molecule has 0 unspecified atom stereocenters. The molecule has 2 heterocycles. The Morgan fingerprint density at radius 1 is 0.781 bits per heavy atom. The van der Waals surface area contributed by atoms with Crippen LogP contribution in [0.15, 0.2) is 72.8 Å². The first kappa shape index (κ1) is 19.8. The van der Waals surface area contributed by atoms with Gasteiger partial charge in [0, 0.05) is 10.4 Å². The predicted molar refractivity (Wildman–Crippen MR) is 120 cm³/mol. The van der Waals surface area contributed by atoms with E-state index in [1.54, 1.807) is 12.1 Å². The van der Waals surface area contributed by atoms with Gasteiger partial charge in [-0.05, 0) is 49.2 Å². The van der Waals surface area contributed by atoms with E-state index in [1.165, 1.54) is 0 Å². The van der Waals surface area contributed by atoms with Gasteiger partial charge >= 0.3 is 11.9 Å². The van der Waals surface area contributed by atoms with E-state index in [-0.39, 0.29) is 0 Å². The summed E-state index contributed by atoms with van der Waals surface area (Å²) >= 11 is 0. The maximum atomic E-state index is 12.7. The molecule has 0 bridgehead atoms. The van der Waals surface area contributed by atoms with Crippen molar-refractivity contribution in [3.63, 3.8) is 0 Å². The van der Waals surface area contributed by atoms with E-state index in [0.717, 1.165) is 11.1 Å². The highest BCUT2D eigenvalue weighted by Crippen LogP contribution is 2.27. The number of fused-ring (bicyclic) bond motifs is 2. The fraction of sp³-hybridized carbons (Fsp3) is 0.111. The molecular weight excluding hydrogens is 404 g/mol. The molecule has 0 radical (unpaired) electrons. The second-order valence-corrected chi connectivity index (χ2v) is 7.64. The Kier molecular flexibility index (Phi) is 4.86. The molecule has 3 aromatic carbocycles. The van der Waals surface area contributed by atoms with Crippen LogP contribution < -0.4 is 24.6 Å². The van der Waals surface area contributed by atoms with E-state index in [2.05, 4.69) is 0 Å². The highest BCUT2D eigenvalue weighted by atomic mass is 16.5. The molecule has 0 saturated carbocycles. The number of carbonyl (C=O) groups excluding carboxylic acids is 2. The molecule has 0 amide bonds. The zero-order chi connectivity index (χ0) is 22.2. The van der Waals surface area contributed by atoms with Crippen LogP contribution in [-0.4, -0.2) is 18.5 Å². The third-order valence-corrected chi connectivity index (χ3v) is 5.50. The summed E-state index contributed by atoms with van der Waals surface area (Å²) in [5, 5.41) is 1.23. The molecule has 0 aromatic heterocycles. The third kappa shape index (κ3) is 3.38. The van der Waals surface area contributed by atoms with Crippen LogP contribution >= 0.6 is 0 Å². The summed E-state index contributed by atoms with van der Waals surface area (Å²) in [4.78, 5) is 25.3. The van der Waals surface area contributed by atoms with Crippen molar-refractivity contribution < 1.29 is 23.8 Å². The lowest BCUT2D eigenvalue weighted by atomic mass is 10.0. The van der Waals surface area contributed by atoms with E-state index in [4.69, 9.17) is 14.2 Å². The van der Waals surface area contributed by atoms with Gasteiger partial charge in [-0.3, -0.25) is 0 Å². The van der Waals surface area contributed by atoms with Crippen LogP contribution in [0.5, 0.6) is 17.2 Å². The molecule has 5 heteroatoms. The second kappa shape index (κ2) is 7.85. The van der Waals surface area contributed by atoms with Crippen molar-refractivity contribution in [2.75, 3.05) is 6.61 Å². The number of hydrogen-bond donors (Lipinski definition) is 0. The van der Waals surface area contributed by atoms with Crippen LogP contribution in [0.1, 0.15) is 23.6 Å². The maximum Gasteiger partial charge on any atom is 0.344 e. The van der Waals surface area contributed by atoms with Crippen molar-refractivity contribution in [3.8, 4) is 17.2 Å².